The molecule has 4 nitrogen and oxygen atoms in total. The highest BCUT2D eigenvalue weighted by atomic mass is 16.6. The summed E-state index contributed by atoms with van der Waals surface area (Å²) in [7, 11) is 0. The third kappa shape index (κ3) is 5.00. The molecule has 2 atom stereocenters. The number of hydrogen-bond acceptors (Lipinski definition) is 3. The number of nitrogens with zero attached hydrogens (tertiary/aromatic N) is 1. The number of amides is 1. The van der Waals surface area contributed by atoms with Crippen molar-refractivity contribution in [3.63, 3.8) is 0 Å². The normalized spacial score (nSPS) is 27.1. The second-order valence-corrected chi connectivity index (χ2v) is 6.85. The maximum atomic E-state index is 12.3. The Morgan fingerprint density at radius 1 is 1.55 bits per heavy atom. The summed E-state index contributed by atoms with van der Waals surface area (Å²) in [5, 5.41) is 10.2. The minimum Gasteiger partial charge on any atom is -0.444 e. The van der Waals surface area contributed by atoms with Gasteiger partial charge in [-0.2, -0.15) is 0 Å². The van der Waals surface area contributed by atoms with Crippen LogP contribution in [0.1, 0.15) is 47.0 Å². The van der Waals surface area contributed by atoms with Crippen molar-refractivity contribution < 1.29 is 14.6 Å². The van der Waals surface area contributed by atoms with E-state index in [1.165, 1.54) is 0 Å². The lowest BCUT2D eigenvalue weighted by Gasteiger charge is -2.42. The van der Waals surface area contributed by atoms with Crippen LogP contribution in [0.5, 0.6) is 0 Å². The van der Waals surface area contributed by atoms with E-state index in [4.69, 9.17) is 4.74 Å². The van der Waals surface area contributed by atoms with Crippen LogP contribution in [0.4, 0.5) is 4.79 Å². The number of aliphatic hydroxyl groups is 1. The topological polar surface area (TPSA) is 49.8 Å². The van der Waals surface area contributed by atoms with Crippen LogP contribution >= 0.6 is 0 Å². The number of carbonyl (C=O) groups is 1. The van der Waals surface area contributed by atoms with Gasteiger partial charge in [0.15, 0.2) is 0 Å². The molecule has 0 aromatic carbocycles. The van der Waals surface area contributed by atoms with Gasteiger partial charge in [-0.3, -0.25) is 0 Å². The number of rotatable bonds is 3. The zero-order valence-electron chi connectivity index (χ0n) is 13.1. The molecule has 1 heterocycles. The van der Waals surface area contributed by atoms with Crippen LogP contribution in [0.25, 0.3) is 0 Å². The molecule has 0 aromatic heterocycles. The number of ether oxygens (including phenoxy) is 1. The molecule has 1 saturated heterocycles. The Labute approximate surface area is 122 Å². The van der Waals surface area contributed by atoms with E-state index < -0.39 is 11.2 Å². The van der Waals surface area contributed by atoms with Crippen molar-refractivity contribution in [3.05, 3.63) is 24.8 Å². The zero-order valence-corrected chi connectivity index (χ0v) is 13.1. The second kappa shape index (κ2) is 6.00. The molecule has 20 heavy (non-hydrogen) atoms. The molecule has 0 aliphatic carbocycles. The molecule has 1 rings (SSSR count). The Hall–Kier alpha value is -1.29. The van der Waals surface area contributed by atoms with Crippen LogP contribution in [0.2, 0.25) is 0 Å². The second-order valence-electron chi connectivity index (χ2n) is 6.85. The Balaban J connectivity index is 2.82. The van der Waals surface area contributed by atoms with Crippen molar-refractivity contribution in [3.8, 4) is 0 Å². The van der Waals surface area contributed by atoms with Crippen LogP contribution in [-0.2, 0) is 4.74 Å². The summed E-state index contributed by atoms with van der Waals surface area (Å²) in [6.45, 7) is 15.5. The molecular formula is C16H27NO3. The van der Waals surface area contributed by atoms with E-state index in [1.807, 2.05) is 27.7 Å². The Bertz CT molecular complexity index is 393. The van der Waals surface area contributed by atoms with Crippen molar-refractivity contribution in [2.75, 3.05) is 6.54 Å². The van der Waals surface area contributed by atoms with Crippen LogP contribution in [0.15, 0.2) is 24.8 Å². The number of piperidine rings is 1. The summed E-state index contributed by atoms with van der Waals surface area (Å²) in [5.74, 6) is 0. The fraction of sp³-hybridized carbons (Fsp3) is 0.688. The van der Waals surface area contributed by atoms with Gasteiger partial charge in [0.1, 0.15) is 5.60 Å². The third-order valence-corrected chi connectivity index (χ3v) is 3.42. The maximum absolute atomic E-state index is 12.3. The molecule has 0 spiro atoms. The highest BCUT2D eigenvalue weighted by Crippen LogP contribution is 2.30. The van der Waals surface area contributed by atoms with Crippen molar-refractivity contribution in [1.82, 2.24) is 4.90 Å². The Kier molecular flexibility index (Phi) is 5.03. The molecule has 0 saturated carbocycles. The molecule has 1 amide bonds. The number of likely N-dealkylation sites (tertiary alicyclic amines) is 1. The summed E-state index contributed by atoms with van der Waals surface area (Å²) < 4.78 is 5.44. The molecule has 0 radical (unpaired) electrons. The fourth-order valence-electron chi connectivity index (χ4n) is 2.39. The molecule has 0 aromatic rings. The van der Waals surface area contributed by atoms with Crippen LogP contribution < -0.4 is 0 Å². The smallest absolute Gasteiger partial charge is 0.410 e. The van der Waals surface area contributed by atoms with Gasteiger partial charge in [-0.05, 0) is 47.0 Å². The van der Waals surface area contributed by atoms with Gasteiger partial charge in [-0.15, -0.1) is 0 Å². The molecule has 4 heteroatoms. The lowest BCUT2D eigenvalue weighted by atomic mass is 9.85. The van der Waals surface area contributed by atoms with E-state index in [0.29, 0.717) is 25.8 Å². The van der Waals surface area contributed by atoms with Gasteiger partial charge in [0, 0.05) is 12.6 Å². The fourth-order valence-corrected chi connectivity index (χ4v) is 2.39. The molecule has 1 N–H and O–H groups in total. The van der Waals surface area contributed by atoms with Gasteiger partial charge in [0.05, 0.1) is 5.60 Å². The monoisotopic (exact) mass is 281 g/mol. The van der Waals surface area contributed by atoms with E-state index in [-0.39, 0.29) is 12.1 Å². The molecule has 2 unspecified atom stereocenters. The highest BCUT2D eigenvalue weighted by Gasteiger charge is 2.38. The van der Waals surface area contributed by atoms with Gasteiger partial charge < -0.3 is 14.7 Å². The van der Waals surface area contributed by atoms with Crippen molar-refractivity contribution in [1.29, 1.82) is 0 Å². The quantitative estimate of drug-likeness (QED) is 0.808. The largest absolute Gasteiger partial charge is 0.444 e. The molecule has 1 aliphatic rings. The van der Waals surface area contributed by atoms with Crippen molar-refractivity contribution >= 4 is 6.09 Å². The summed E-state index contributed by atoms with van der Waals surface area (Å²) >= 11 is 0. The van der Waals surface area contributed by atoms with Gasteiger partial charge >= 0.3 is 6.09 Å². The lowest BCUT2D eigenvalue weighted by Crippen LogP contribution is -2.52. The number of hydrogen-bond donors (Lipinski definition) is 1. The highest BCUT2D eigenvalue weighted by molar-refractivity contribution is 5.68. The van der Waals surface area contributed by atoms with Crippen molar-refractivity contribution in [2.24, 2.45) is 0 Å². The van der Waals surface area contributed by atoms with Gasteiger partial charge in [-0.1, -0.05) is 24.8 Å². The molecular weight excluding hydrogens is 254 g/mol. The summed E-state index contributed by atoms with van der Waals surface area (Å²) in [6.07, 6.45) is 3.06. The first-order chi connectivity index (χ1) is 9.04. The first-order valence-electron chi connectivity index (χ1n) is 7.06. The lowest BCUT2D eigenvalue weighted by molar-refractivity contribution is -0.0439. The van der Waals surface area contributed by atoms with Crippen LogP contribution in [-0.4, -0.2) is 39.9 Å². The standard InChI is InChI=1S/C16H27NO3/c1-7-12(2)10-13-11-16(6,19)8-9-17(13)14(18)20-15(3,4)5/h7,13,19H,1-2,8-11H2,3-6H3. The summed E-state index contributed by atoms with van der Waals surface area (Å²) in [5.41, 5.74) is -0.400. The first-order valence-corrected chi connectivity index (χ1v) is 7.06. The predicted molar refractivity (Wildman–Crippen MR) is 80.5 cm³/mol. The predicted octanol–water partition coefficient (Wildman–Crippen LogP) is 3.27. The number of carbonyl (C=O) groups excluding carboxylic acids is 1. The Morgan fingerprint density at radius 3 is 2.65 bits per heavy atom. The average Bonchev–Trinajstić information content (AvgIpc) is 2.25. The average molecular weight is 281 g/mol. The van der Waals surface area contributed by atoms with Crippen molar-refractivity contribution in [2.45, 2.75) is 64.2 Å². The molecule has 1 aliphatic heterocycles. The minimum atomic E-state index is -0.745. The molecule has 0 bridgehead atoms. The minimum absolute atomic E-state index is 0.0981. The van der Waals surface area contributed by atoms with Crippen LogP contribution in [0.3, 0.4) is 0 Å². The molecule has 114 valence electrons. The summed E-state index contributed by atoms with van der Waals surface area (Å²) in [4.78, 5) is 14.0. The van der Waals surface area contributed by atoms with E-state index >= 15 is 0 Å². The van der Waals surface area contributed by atoms with E-state index in [2.05, 4.69) is 13.2 Å². The first kappa shape index (κ1) is 16.8. The van der Waals surface area contributed by atoms with Gasteiger partial charge in [-0.25, -0.2) is 4.79 Å². The molecule has 1 fully saturated rings. The van der Waals surface area contributed by atoms with E-state index in [1.54, 1.807) is 11.0 Å². The van der Waals surface area contributed by atoms with E-state index in [0.717, 1.165) is 5.57 Å². The van der Waals surface area contributed by atoms with E-state index in [9.17, 15) is 9.90 Å². The maximum Gasteiger partial charge on any atom is 0.410 e. The third-order valence-electron chi connectivity index (χ3n) is 3.42. The van der Waals surface area contributed by atoms with Gasteiger partial charge in [0.25, 0.3) is 0 Å². The zero-order chi connectivity index (χ0) is 15.6. The SMILES string of the molecule is C=CC(=C)CC1CC(C)(O)CCN1C(=O)OC(C)(C)C. The van der Waals surface area contributed by atoms with Crippen LogP contribution in [0, 0.1) is 0 Å². The summed E-state index contributed by atoms with van der Waals surface area (Å²) in [6, 6.07) is -0.0981. The Morgan fingerprint density at radius 2 is 2.15 bits per heavy atom. The van der Waals surface area contributed by atoms with Gasteiger partial charge in [0.2, 0.25) is 0 Å². The number of allylic oxidation sites excluding steroid dienone is 1.